The number of thiol groups is 1. The van der Waals surface area contributed by atoms with Crippen LogP contribution in [0.4, 0.5) is 0 Å². The van der Waals surface area contributed by atoms with E-state index >= 15 is 0 Å². The average molecular weight is 235 g/mol. The lowest BCUT2D eigenvalue weighted by atomic mass is 10.3. The molecule has 0 aliphatic carbocycles. The second kappa shape index (κ2) is 5.82. The van der Waals surface area contributed by atoms with Crippen molar-refractivity contribution in [2.45, 2.75) is 19.5 Å². The molecule has 1 rings (SSSR count). The van der Waals surface area contributed by atoms with Crippen LogP contribution < -0.4 is 0 Å². The molecule has 0 saturated carbocycles. The summed E-state index contributed by atoms with van der Waals surface area (Å²) in [6.45, 7) is 2.00. The Labute approximate surface area is 93.1 Å². The van der Waals surface area contributed by atoms with Crippen molar-refractivity contribution >= 4 is 30.2 Å². The van der Waals surface area contributed by atoms with E-state index in [2.05, 4.69) is 22.6 Å². The summed E-state index contributed by atoms with van der Waals surface area (Å²) >= 11 is 9.52. The Morgan fingerprint density at radius 1 is 1.71 bits per heavy atom. The standard InChI is InChI=1S/C7H7ClN2O2S.CH4/c1-2-12-6(11)4-3-9-7(13)10-5(4)8;/h3H,2H2,1H3,(H,9,10,13);1H4. The molecule has 4 nitrogen and oxygen atoms in total. The molecular weight excluding hydrogens is 224 g/mol. The number of hydrogen-bond acceptors (Lipinski definition) is 5. The fourth-order valence-electron chi connectivity index (χ4n) is 0.698. The molecule has 0 amide bonds. The Hall–Kier alpha value is -0.810. The summed E-state index contributed by atoms with van der Waals surface area (Å²) in [6, 6.07) is 0. The van der Waals surface area contributed by atoms with Gasteiger partial charge in [-0.3, -0.25) is 0 Å². The molecule has 0 radical (unpaired) electrons. The first kappa shape index (κ1) is 13.2. The third-order valence-electron chi connectivity index (χ3n) is 1.22. The second-order valence-corrected chi connectivity index (χ2v) is 2.85. The molecule has 1 heterocycles. The van der Waals surface area contributed by atoms with Crippen LogP contribution >= 0.6 is 24.2 Å². The molecule has 0 spiro atoms. The maximum Gasteiger partial charge on any atom is 0.342 e. The minimum atomic E-state index is -0.527. The van der Waals surface area contributed by atoms with Gasteiger partial charge in [0.05, 0.1) is 6.61 Å². The number of carbonyl (C=O) groups is 1. The highest BCUT2D eigenvalue weighted by Crippen LogP contribution is 2.14. The van der Waals surface area contributed by atoms with Gasteiger partial charge in [0.25, 0.3) is 0 Å². The van der Waals surface area contributed by atoms with Gasteiger partial charge in [-0.1, -0.05) is 19.0 Å². The number of ether oxygens (including phenoxy) is 1. The smallest absolute Gasteiger partial charge is 0.342 e. The van der Waals surface area contributed by atoms with E-state index in [1.54, 1.807) is 6.92 Å². The van der Waals surface area contributed by atoms with Crippen LogP contribution in [0.1, 0.15) is 24.7 Å². The van der Waals surface area contributed by atoms with E-state index in [9.17, 15) is 4.79 Å². The monoisotopic (exact) mass is 234 g/mol. The van der Waals surface area contributed by atoms with E-state index in [0.29, 0.717) is 0 Å². The van der Waals surface area contributed by atoms with Gasteiger partial charge in [-0.05, 0) is 6.92 Å². The van der Waals surface area contributed by atoms with Crippen molar-refractivity contribution in [3.8, 4) is 0 Å². The lowest BCUT2D eigenvalue weighted by Crippen LogP contribution is -2.07. The van der Waals surface area contributed by atoms with Crippen molar-refractivity contribution in [1.82, 2.24) is 9.97 Å². The zero-order valence-corrected chi connectivity index (χ0v) is 8.47. The van der Waals surface area contributed by atoms with Crippen LogP contribution in [0.5, 0.6) is 0 Å². The first-order valence-corrected chi connectivity index (χ1v) is 4.36. The Kier molecular flexibility index (Phi) is 5.49. The topological polar surface area (TPSA) is 52.1 Å². The van der Waals surface area contributed by atoms with Crippen LogP contribution in [0.3, 0.4) is 0 Å². The highest BCUT2D eigenvalue weighted by Gasteiger charge is 2.12. The number of hydrogen-bond donors (Lipinski definition) is 1. The molecule has 6 heteroatoms. The van der Waals surface area contributed by atoms with Crippen molar-refractivity contribution < 1.29 is 9.53 Å². The predicted octanol–water partition coefficient (Wildman–Crippen LogP) is 2.23. The molecule has 1 aromatic heterocycles. The summed E-state index contributed by atoms with van der Waals surface area (Å²) in [6.07, 6.45) is 1.29. The van der Waals surface area contributed by atoms with Crippen LogP contribution in [0.15, 0.2) is 11.4 Å². The SMILES string of the molecule is C.CCOC(=O)c1cnc(S)nc1Cl. The summed E-state index contributed by atoms with van der Waals surface area (Å²) in [5, 5.41) is 0.275. The molecule has 1 aromatic rings. The zero-order valence-electron chi connectivity index (χ0n) is 6.82. The molecule has 0 N–H and O–H groups in total. The summed E-state index contributed by atoms with van der Waals surface area (Å²) < 4.78 is 4.72. The van der Waals surface area contributed by atoms with E-state index in [-0.39, 0.29) is 29.9 Å². The van der Waals surface area contributed by atoms with Gasteiger partial charge in [0.1, 0.15) is 10.7 Å². The number of nitrogens with zero attached hydrogens (tertiary/aromatic N) is 2. The lowest BCUT2D eigenvalue weighted by molar-refractivity contribution is 0.0525. The zero-order chi connectivity index (χ0) is 9.84. The van der Waals surface area contributed by atoms with Crippen molar-refractivity contribution in [3.05, 3.63) is 16.9 Å². The molecule has 0 atom stereocenters. The van der Waals surface area contributed by atoms with Gasteiger partial charge in [0, 0.05) is 6.20 Å². The van der Waals surface area contributed by atoms with Crippen LogP contribution in [0, 0.1) is 0 Å². The van der Waals surface area contributed by atoms with Crippen molar-refractivity contribution in [2.75, 3.05) is 6.61 Å². The normalized spacial score (nSPS) is 9.07. The molecule has 0 saturated heterocycles. The van der Waals surface area contributed by atoms with Gasteiger partial charge < -0.3 is 4.74 Å². The van der Waals surface area contributed by atoms with Gasteiger partial charge in [0.15, 0.2) is 5.16 Å². The third-order valence-corrected chi connectivity index (χ3v) is 1.73. The number of aromatic nitrogens is 2. The highest BCUT2D eigenvalue weighted by molar-refractivity contribution is 7.80. The number of carbonyl (C=O) groups excluding carboxylic acids is 1. The first-order chi connectivity index (χ1) is 6.15. The van der Waals surface area contributed by atoms with Gasteiger partial charge in [0.2, 0.25) is 0 Å². The van der Waals surface area contributed by atoms with E-state index in [1.807, 2.05) is 0 Å². The molecule has 0 fully saturated rings. The van der Waals surface area contributed by atoms with Gasteiger partial charge in [-0.2, -0.15) is 0 Å². The van der Waals surface area contributed by atoms with Gasteiger partial charge in [-0.15, -0.1) is 12.6 Å². The first-order valence-electron chi connectivity index (χ1n) is 3.53. The molecular formula is C8H11ClN2O2S. The van der Waals surface area contributed by atoms with E-state index in [4.69, 9.17) is 16.3 Å². The lowest BCUT2D eigenvalue weighted by Gasteiger charge is -2.02. The minimum Gasteiger partial charge on any atom is -0.462 e. The maximum absolute atomic E-state index is 11.2. The third kappa shape index (κ3) is 3.16. The molecule has 78 valence electrons. The molecule has 0 aliphatic rings. The molecule has 0 unspecified atom stereocenters. The number of esters is 1. The fraction of sp³-hybridized carbons (Fsp3) is 0.375. The Balaban J connectivity index is 0.00000169. The minimum absolute atomic E-state index is 0. The molecule has 0 aliphatic heterocycles. The van der Waals surface area contributed by atoms with Crippen LogP contribution in [-0.2, 0) is 4.74 Å². The quantitative estimate of drug-likeness (QED) is 0.369. The molecule has 0 bridgehead atoms. The van der Waals surface area contributed by atoms with E-state index in [1.165, 1.54) is 6.20 Å². The summed E-state index contributed by atoms with van der Waals surface area (Å²) in [7, 11) is 0. The second-order valence-electron chi connectivity index (χ2n) is 2.09. The Morgan fingerprint density at radius 2 is 2.36 bits per heavy atom. The summed E-state index contributed by atoms with van der Waals surface area (Å²) in [4.78, 5) is 18.6. The molecule has 14 heavy (non-hydrogen) atoms. The fourth-order valence-corrected chi connectivity index (χ4v) is 1.12. The Bertz CT molecular complexity index is 333. The summed E-state index contributed by atoms with van der Waals surface area (Å²) in [5.74, 6) is -0.527. The van der Waals surface area contributed by atoms with Crippen molar-refractivity contribution in [3.63, 3.8) is 0 Å². The highest BCUT2D eigenvalue weighted by atomic mass is 35.5. The largest absolute Gasteiger partial charge is 0.462 e. The number of halogens is 1. The van der Waals surface area contributed by atoms with Crippen molar-refractivity contribution in [2.24, 2.45) is 0 Å². The molecule has 0 aromatic carbocycles. The predicted molar refractivity (Wildman–Crippen MR) is 57.0 cm³/mol. The van der Waals surface area contributed by atoms with Crippen LogP contribution in [-0.4, -0.2) is 22.5 Å². The average Bonchev–Trinajstić information content (AvgIpc) is 2.04. The number of rotatable bonds is 2. The Morgan fingerprint density at radius 3 is 2.86 bits per heavy atom. The van der Waals surface area contributed by atoms with Crippen LogP contribution in [0.2, 0.25) is 5.15 Å². The van der Waals surface area contributed by atoms with E-state index in [0.717, 1.165) is 0 Å². The van der Waals surface area contributed by atoms with Crippen molar-refractivity contribution in [1.29, 1.82) is 0 Å². The van der Waals surface area contributed by atoms with Gasteiger partial charge in [-0.25, -0.2) is 14.8 Å². The van der Waals surface area contributed by atoms with Crippen LogP contribution in [0.25, 0.3) is 0 Å². The maximum atomic E-state index is 11.2. The van der Waals surface area contributed by atoms with Gasteiger partial charge >= 0.3 is 5.97 Å². The van der Waals surface area contributed by atoms with E-state index < -0.39 is 5.97 Å². The summed E-state index contributed by atoms with van der Waals surface area (Å²) in [5.41, 5.74) is 0.154.